The van der Waals surface area contributed by atoms with Gasteiger partial charge in [0.25, 0.3) is 0 Å². The SMILES string of the molecule is C=CCO[C@H]1O[C@@H]2COC(c3ccc(OC)cc3)O[C@H]2[C@H](OC(=O)OCC(Cl)(Cl)Cl)[C@H]1NC(=O)OCC(Cl)(Cl)Cl. The van der Waals surface area contributed by atoms with E-state index in [1.165, 1.54) is 13.2 Å². The third kappa shape index (κ3) is 10.3. The molecule has 1 aromatic rings. The smallest absolute Gasteiger partial charge is 0.497 e. The number of halogens is 6. The van der Waals surface area contributed by atoms with Crippen LogP contribution < -0.4 is 10.1 Å². The van der Waals surface area contributed by atoms with Crippen molar-refractivity contribution in [3.8, 4) is 5.75 Å². The Bertz CT molecular complexity index is 1010. The fourth-order valence-electron chi connectivity index (χ4n) is 3.71. The molecule has 0 aromatic heterocycles. The number of hydrogen-bond donors (Lipinski definition) is 1. The van der Waals surface area contributed by atoms with Crippen LogP contribution in [-0.2, 0) is 33.2 Å². The molecule has 3 rings (SSSR count). The highest BCUT2D eigenvalue weighted by atomic mass is 35.6. The van der Waals surface area contributed by atoms with Crippen LogP contribution in [0.15, 0.2) is 36.9 Å². The fourth-order valence-corrected chi connectivity index (χ4v) is 4.04. The number of ether oxygens (including phenoxy) is 8. The van der Waals surface area contributed by atoms with Crippen molar-refractivity contribution in [2.24, 2.45) is 0 Å². The number of benzene rings is 1. The van der Waals surface area contributed by atoms with Crippen molar-refractivity contribution < 1.29 is 47.5 Å². The minimum absolute atomic E-state index is 0.00278. The number of fused-ring (bicyclic) bond motifs is 1. The molecule has 0 saturated carbocycles. The van der Waals surface area contributed by atoms with Crippen LogP contribution in [0, 0.1) is 0 Å². The molecule has 2 aliphatic heterocycles. The maximum atomic E-state index is 12.6. The predicted octanol–water partition coefficient (Wildman–Crippen LogP) is 5.39. The van der Waals surface area contributed by atoms with Crippen molar-refractivity contribution in [3.63, 3.8) is 0 Å². The van der Waals surface area contributed by atoms with Gasteiger partial charge in [0.15, 0.2) is 18.7 Å². The first-order chi connectivity index (χ1) is 18.8. The van der Waals surface area contributed by atoms with Crippen LogP contribution in [0.1, 0.15) is 11.9 Å². The van der Waals surface area contributed by atoms with E-state index < -0.39 is 70.0 Å². The molecule has 2 fully saturated rings. The molecule has 0 aliphatic carbocycles. The summed E-state index contributed by atoms with van der Waals surface area (Å²) in [7, 11) is 1.53. The van der Waals surface area contributed by atoms with Crippen molar-refractivity contribution in [2.45, 2.75) is 44.5 Å². The van der Waals surface area contributed by atoms with Gasteiger partial charge in [0.1, 0.15) is 37.2 Å². The molecular formula is C23H25Cl6NO10. The van der Waals surface area contributed by atoms with Crippen LogP contribution in [0.4, 0.5) is 9.59 Å². The van der Waals surface area contributed by atoms with Crippen molar-refractivity contribution >= 4 is 81.9 Å². The number of alkyl halides is 6. The van der Waals surface area contributed by atoms with Crippen LogP contribution in [-0.4, -0.2) is 84.0 Å². The van der Waals surface area contributed by atoms with E-state index in [9.17, 15) is 9.59 Å². The molecule has 1 amide bonds. The molecule has 0 spiro atoms. The topological polar surface area (TPSA) is 120 Å². The van der Waals surface area contributed by atoms with E-state index >= 15 is 0 Å². The molecule has 224 valence electrons. The summed E-state index contributed by atoms with van der Waals surface area (Å²) in [5.41, 5.74) is 0.633. The minimum Gasteiger partial charge on any atom is -0.497 e. The second kappa shape index (κ2) is 14.9. The Labute approximate surface area is 260 Å². The molecule has 1 N–H and O–H groups in total. The van der Waals surface area contributed by atoms with E-state index in [4.69, 9.17) is 108 Å². The lowest BCUT2D eigenvalue weighted by Crippen LogP contribution is -2.67. The van der Waals surface area contributed by atoms with Crippen LogP contribution in [0.5, 0.6) is 5.75 Å². The highest BCUT2D eigenvalue weighted by Gasteiger charge is 2.53. The molecule has 40 heavy (non-hydrogen) atoms. The fraction of sp³-hybridized carbons (Fsp3) is 0.565. The molecule has 0 radical (unpaired) electrons. The molecule has 1 unspecified atom stereocenters. The molecule has 2 aliphatic rings. The number of rotatable bonds is 9. The van der Waals surface area contributed by atoms with Crippen LogP contribution in [0.2, 0.25) is 0 Å². The Morgan fingerprint density at radius 1 is 1.05 bits per heavy atom. The van der Waals surface area contributed by atoms with Crippen molar-refractivity contribution in [1.82, 2.24) is 5.32 Å². The lowest BCUT2D eigenvalue weighted by Gasteiger charge is -2.48. The Kier molecular flexibility index (Phi) is 12.4. The van der Waals surface area contributed by atoms with Gasteiger partial charge in [-0.1, -0.05) is 87.8 Å². The van der Waals surface area contributed by atoms with E-state index in [2.05, 4.69) is 11.9 Å². The highest BCUT2D eigenvalue weighted by molar-refractivity contribution is 6.68. The normalized spacial score (nSPS) is 26.7. The van der Waals surface area contributed by atoms with Gasteiger partial charge in [-0.05, 0) is 12.1 Å². The van der Waals surface area contributed by atoms with Gasteiger partial charge >= 0.3 is 12.2 Å². The Hall–Kier alpha value is -1.12. The van der Waals surface area contributed by atoms with Gasteiger partial charge in [-0.15, -0.1) is 6.58 Å². The highest BCUT2D eigenvalue weighted by Crippen LogP contribution is 2.37. The second-order valence-electron chi connectivity index (χ2n) is 8.30. The molecule has 2 heterocycles. The number of hydrogen-bond acceptors (Lipinski definition) is 10. The summed E-state index contributed by atoms with van der Waals surface area (Å²) >= 11 is 34.1. The number of carbonyl (C=O) groups is 2. The summed E-state index contributed by atoms with van der Waals surface area (Å²) in [4.78, 5) is 25.3. The number of amides is 1. The summed E-state index contributed by atoms with van der Waals surface area (Å²) in [6.07, 6.45) is -6.02. The first-order valence-corrected chi connectivity index (χ1v) is 13.8. The van der Waals surface area contributed by atoms with Gasteiger partial charge in [-0.3, -0.25) is 0 Å². The summed E-state index contributed by atoms with van der Waals surface area (Å²) in [6, 6.07) is 5.69. The van der Waals surface area contributed by atoms with E-state index in [1.807, 2.05) is 0 Å². The molecular weight excluding hydrogens is 663 g/mol. The van der Waals surface area contributed by atoms with Gasteiger partial charge in [-0.2, -0.15) is 0 Å². The monoisotopic (exact) mass is 685 g/mol. The number of nitrogens with one attached hydrogen (secondary N) is 1. The molecule has 6 atom stereocenters. The Morgan fingerprint density at radius 2 is 1.70 bits per heavy atom. The molecule has 11 nitrogen and oxygen atoms in total. The van der Waals surface area contributed by atoms with E-state index in [0.717, 1.165) is 0 Å². The Morgan fingerprint density at radius 3 is 2.30 bits per heavy atom. The average molecular weight is 688 g/mol. The zero-order chi connectivity index (χ0) is 29.5. The largest absolute Gasteiger partial charge is 0.508 e. The van der Waals surface area contributed by atoms with Crippen LogP contribution in [0.3, 0.4) is 0 Å². The first kappa shape index (κ1) is 33.4. The number of methoxy groups -OCH3 is 1. The molecule has 17 heteroatoms. The quantitative estimate of drug-likeness (QED) is 0.206. The third-order valence-corrected chi connectivity index (χ3v) is 6.00. The van der Waals surface area contributed by atoms with Crippen LogP contribution >= 0.6 is 69.6 Å². The van der Waals surface area contributed by atoms with Crippen LogP contribution in [0.25, 0.3) is 0 Å². The van der Waals surface area contributed by atoms with Gasteiger partial charge in [-0.25, -0.2) is 9.59 Å². The standard InChI is InChI=1S/C23H25Cl6NO10/c1-3-8-34-19-15(30-20(31)36-10-22(24,25)26)17(40-21(32)37-11-23(27,28)29)16-14(38-19)9-35-18(39-16)12-4-6-13(33-2)7-5-12/h3-7,14-19H,1,8-11H2,2H3,(H,30,31)/t14-,15-,16-,17-,18?,19+/m1/s1. The van der Waals surface area contributed by atoms with E-state index in [0.29, 0.717) is 11.3 Å². The summed E-state index contributed by atoms with van der Waals surface area (Å²) in [5, 5.41) is 2.51. The number of alkyl carbamates (subject to hydrolysis) is 1. The molecule has 1 aromatic carbocycles. The lowest BCUT2D eigenvalue weighted by molar-refractivity contribution is -0.343. The third-order valence-electron chi connectivity index (χ3n) is 5.34. The summed E-state index contributed by atoms with van der Waals surface area (Å²) in [5.74, 6) is 0.621. The molecule has 2 saturated heterocycles. The van der Waals surface area contributed by atoms with Crippen molar-refractivity contribution in [2.75, 3.05) is 33.5 Å². The van der Waals surface area contributed by atoms with Gasteiger partial charge in [0.05, 0.1) is 20.3 Å². The summed E-state index contributed by atoms with van der Waals surface area (Å²) < 4.78 is 40.6. The van der Waals surface area contributed by atoms with Crippen molar-refractivity contribution in [1.29, 1.82) is 0 Å². The first-order valence-electron chi connectivity index (χ1n) is 11.5. The van der Waals surface area contributed by atoms with Gasteiger partial charge < -0.3 is 43.2 Å². The molecule has 0 bridgehead atoms. The minimum atomic E-state index is -1.90. The zero-order valence-electron chi connectivity index (χ0n) is 20.7. The zero-order valence-corrected chi connectivity index (χ0v) is 25.3. The predicted molar refractivity (Wildman–Crippen MR) is 146 cm³/mol. The average Bonchev–Trinajstić information content (AvgIpc) is 2.90. The van der Waals surface area contributed by atoms with Crippen molar-refractivity contribution in [3.05, 3.63) is 42.5 Å². The van der Waals surface area contributed by atoms with E-state index in [-0.39, 0.29) is 13.2 Å². The summed E-state index contributed by atoms with van der Waals surface area (Å²) in [6.45, 7) is 2.41. The van der Waals surface area contributed by atoms with E-state index in [1.54, 1.807) is 24.3 Å². The lowest BCUT2D eigenvalue weighted by atomic mass is 9.95. The Balaban J connectivity index is 1.88. The van der Waals surface area contributed by atoms with Gasteiger partial charge in [0, 0.05) is 5.56 Å². The maximum Gasteiger partial charge on any atom is 0.508 e. The number of carbonyl (C=O) groups excluding carboxylic acids is 2. The van der Waals surface area contributed by atoms with Gasteiger partial charge in [0.2, 0.25) is 7.59 Å². The maximum absolute atomic E-state index is 12.6. The second-order valence-corrected chi connectivity index (χ2v) is 13.3.